The molecule has 1 amide bonds. The first-order valence-corrected chi connectivity index (χ1v) is 8.89. The van der Waals surface area contributed by atoms with Gasteiger partial charge in [0.2, 0.25) is 0 Å². The first kappa shape index (κ1) is 20.5. The number of rotatable bonds is 4. The summed E-state index contributed by atoms with van der Waals surface area (Å²) in [7, 11) is 0. The summed E-state index contributed by atoms with van der Waals surface area (Å²) < 4.78 is 14.9. The number of nitrogens with zero attached hydrogens (tertiary/aromatic N) is 3. The number of aliphatic hydroxyl groups is 1. The van der Waals surface area contributed by atoms with E-state index in [1.807, 2.05) is 20.8 Å². The molecular weight excluding hydrogens is 429 g/mol. The van der Waals surface area contributed by atoms with Gasteiger partial charge in [-0.2, -0.15) is 0 Å². The molecule has 9 heteroatoms. The van der Waals surface area contributed by atoms with E-state index in [-0.39, 0.29) is 35.2 Å². The highest BCUT2D eigenvalue weighted by atomic mass is 79.9. The number of benzene rings is 1. The van der Waals surface area contributed by atoms with Gasteiger partial charge in [0.05, 0.1) is 5.69 Å². The van der Waals surface area contributed by atoms with Crippen LogP contribution in [0.15, 0.2) is 22.7 Å². The van der Waals surface area contributed by atoms with E-state index < -0.39 is 17.3 Å². The highest BCUT2D eigenvalue weighted by molar-refractivity contribution is 9.10. The van der Waals surface area contributed by atoms with Gasteiger partial charge < -0.3 is 10.2 Å². The van der Waals surface area contributed by atoms with E-state index in [1.54, 1.807) is 0 Å². The minimum atomic E-state index is -1.43. The molecule has 1 aromatic carbocycles. The molecule has 26 heavy (non-hydrogen) atoms. The van der Waals surface area contributed by atoms with Gasteiger partial charge in [0.15, 0.2) is 5.82 Å². The molecule has 2 aromatic rings. The van der Waals surface area contributed by atoms with Gasteiger partial charge in [0, 0.05) is 28.5 Å². The molecule has 1 heterocycles. The number of aliphatic hydroxyl groups excluding tert-OH is 1. The zero-order valence-corrected chi connectivity index (χ0v) is 16.8. The maximum Gasteiger partial charge on any atom is 0.417 e. The molecular formula is C17H18BrClFN3O3. The Morgan fingerprint density at radius 3 is 2.50 bits per heavy atom. The van der Waals surface area contributed by atoms with Crippen molar-refractivity contribution in [2.75, 3.05) is 11.5 Å². The maximum absolute atomic E-state index is 14.4. The van der Waals surface area contributed by atoms with Crippen LogP contribution in [-0.4, -0.2) is 32.9 Å². The van der Waals surface area contributed by atoms with Crippen molar-refractivity contribution in [1.29, 1.82) is 0 Å². The third kappa shape index (κ3) is 4.31. The van der Waals surface area contributed by atoms with Gasteiger partial charge in [0.1, 0.15) is 16.8 Å². The van der Waals surface area contributed by atoms with Crippen molar-refractivity contribution in [3.05, 3.63) is 45.0 Å². The fourth-order valence-corrected chi connectivity index (χ4v) is 2.86. The molecule has 0 aliphatic rings. The molecule has 0 aliphatic carbocycles. The van der Waals surface area contributed by atoms with Crippen molar-refractivity contribution in [1.82, 2.24) is 9.97 Å². The Kier molecular flexibility index (Phi) is 6.21. The van der Waals surface area contributed by atoms with Crippen molar-refractivity contribution in [3.63, 3.8) is 0 Å². The summed E-state index contributed by atoms with van der Waals surface area (Å²) in [6, 6.07) is 4.00. The Balaban J connectivity index is 2.78. The minimum absolute atomic E-state index is 0.0257. The number of carboxylic acid groups (broad SMARTS) is 1. The second-order valence-electron chi connectivity index (χ2n) is 6.58. The number of amides is 1. The fraction of sp³-hybridized carbons (Fsp3) is 0.353. The van der Waals surface area contributed by atoms with Crippen LogP contribution in [0, 0.1) is 5.82 Å². The van der Waals surface area contributed by atoms with Crippen LogP contribution in [0.25, 0.3) is 0 Å². The van der Waals surface area contributed by atoms with Gasteiger partial charge >= 0.3 is 6.09 Å². The van der Waals surface area contributed by atoms with E-state index in [4.69, 9.17) is 11.6 Å². The summed E-state index contributed by atoms with van der Waals surface area (Å²) in [4.78, 5) is 21.2. The Labute approximate surface area is 163 Å². The third-order valence-electron chi connectivity index (χ3n) is 3.52. The van der Waals surface area contributed by atoms with Crippen LogP contribution in [-0.2, 0) is 11.8 Å². The normalized spacial score (nSPS) is 11.5. The lowest BCUT2D eigenvalue weighted by Gasteiger charge is -2.25. The number of hydrogen-bond donors (Lipinski definition) is 2. The van der Waals surface area contributed by atoms with Crippen LogP contribution in [0.3, 0.4) is 0 Å². The molecule has 0 saturated heterocycles. The van der Waals surface area contributed by atoms with E-state index in [0.717, 1.165) is 11.0 Å². The Bertz CT molecular complexity index is 843. The number of halogens is 3. The molecule has 0 aliphatic heterocycles. The Morgan fingerprint density at radius 1 is 1.35 bits per heavy atom. The summed E-state index contributed by atoms with van der Waals surface area (Å²) in [5.41, 5.74) is -0.486. The zero-order chi connectivity index (χ0) is 19.6. The molecule has 0 radical (unpaired) electrons. The molecule has 2 N–H and O–H groups in total. The van der Waals surface area contributed by atoms with Gasteiger partial charge in [-0.05, 0) is 18.2 Å². The monoisotopic (exact) mass is 445 g/mol. The Hall–Kier alpha value is -1.77. The number of anilines is 2. The van der Waals surface area contributed by atoms with Gasteiger partial charge in [-0.1, -0.05) is 48.3 Å². The molecule has 140 valence electrons. The smallest absolute Gasteiger partial charge is 0.417 e. The summed E-state index contributed by atoms with van der Waals surface area (Å²) in [5.74, 6) is -0.510. The van der Waals surface area contributed by atoms with E-state index in [0.29, 0.717) is 10.3 Å². The van der Waals surface area contributed by atoms with Crippen LogP contribution >= 0.6 is 27.5 Å². The van der Waals surface area contributed by atoms with Crippen molar-refractivity contribution in [3.8, 4) is 0 Å². The van der Waals surface area contributed by atoms with Crippen molar-refractivity contribution in [2.24, 2.45) is 0 Å². The largest absolute Gasteiger partial charge is 0.464 e. The average molecular weight is 447 g/mol. The highest BCUT2D eigenvalue weighted by Gasteiger charge is 2.29. The molecule has 1 aromatic heterocycles. The van der Waals surface area contributed by atoms with Crippen LogP contribution in [0.2, 0.25) is 5.15 Å². The van der Waals surface area contributed by atoms with E-state index >= 15 is 0 Å². The standard InChI is InChI=1S/C17H18BrClFN3O3/c1-17(2,3)15-21-13(19)10(6-7-24)14(22-15)23(16(25)26)12-5-4-9(18)8-11(12)20/h4-5,8,24H,6-7H2,1-3H3,(H,25,26). The molecule has 2 rings (SSSR count). The number of carbonyl (C=O) groups is 1. The lowest BCUT2D eigenvalue weighted by Crippen LogP contribution is -2.29. The second kappa shape index (κ2) is 7.85. The van der Waals surface area contributed by atoms with E-state index in [9.17, 15) is 19.4 Å². The predicted molar refractivity (Wildman–Crippen MR) is 101 cm³/mol. The first-order valence-electron chi connectivity index (χ1n) is 7.72. The zero-order valence-electron chi connectivity index (χ0n) is 14.4. The van der Waals surface area contributed by atoms with Gasteiger partial charge in [0.25, 0.3) is 0 Å². The highest BCUT2D eigenvalue weighted by Crippen LogP contribution is 2.35. The van der Waals surface area contributed by atoms with Crippen LogP contribution in [0.5, 0.6) is 0 Å². The lowest BCUT2D eigenvalue weighted by molar-refractivity contribution is 0.204. The Morgan fingerprint density at radius 2 is 2.00 bits per heavy atom. The quantitative estimate of drug-likeness (QED) is 0.666. The van der Waals surface area contributed by atoms with Gasteiger partial charge in [-0.25, -0.2) is 24.1 Å². The fourth-order valence-electron chi connectivity index (χ4n) is 2.26. The topological polar surface area (TPSA) is 86.6 Å². The lowest BCUT2D eigenvalue weighted by atomic mass is 9.95. The molecule has 0 unspecified atom stereocenters. The van der Waals surface area contributed by atoms with Crippen molar-refractivity contribution < 1.29 is 19.4 Å². The summed E-state index contributed by atoms with van der Waals surface area (Å²) in [5, 5.41) is 19.1. The average Bonchev–Trinajstić information content (AvgIpc) is 2.51. The van der Waals surface area contributed by atoms with Crippen molar-refractivity contribution in [2.45, 2.75) is 32.6 Å². The summed E-state index contributed by atoms with van der Waals surface area (Å²) in [6.45, 7) is 5.25. The second-order valence-corrected chi connectivity index (χ2v) is 7.85. The molecule has 0 atom stereocenters. The molecule has 0 saturated carbocycles. The molecule has 0 fully saturated rings. The summed E-state index contributed by atoms with van der Waals surface area (Å²) >= 11 is 9.38. The van der Waals surface area contributed by atoms with Gasteiger partial charge in [-0.15, -0.1) is 0 Å². The molecule has 0 bridgehead atoms. The SMILES string of the molecule is CC(C)(C)c1nc(Cl)c(CCO)c(N(C(=O)O)c2ccc(Br)cc2F)n1. The minimum Gasteiger partial charge on any atom is -0.464 e. The van der Waals surface area contributed by atoms with Crippen LogP contribution < -0.4 is 4.90 Å². The number of aromatic nitrogens is 2. The maximum atomic E-state index is 14.4. The summed E-state index contributed by atoms with van der Waals surface area (Å²) in [6.07, 6.45) is -1.40. The van der Waals surface area contributed by atoms with Crippen molar-refractivity contribution >= 4 is 45.1 Å². The van der Waals surface area contributed by atoms with Crippen LogP contribution in [0.4, 0.5) is 20.7 Å². The predicted octanol–water partition coefficient (Wildman–Crippen LogP) is 4.68. The van der Waals surface area contributed by atoms with E-state index in [1.165, 1.54) is 12.1 Å². The van der Waals surface area contributed by atoms with Gasteiger partial charge in [-0.3, -0.25) is 0 Å². The molecule has 6 nitrogen and oxygen atoms in total. The van der Waals surface area contributed by atoms with Crippen LogP contribution in [0.1, 0.15) is 32.2 Å². The van der Waals surface area contributed by atoms with E-state index in [2.05, 4.69) is 25.9 Å². The third-order valence-corrected chi connectivity index (χ3v) is 4.33. The molecule has 0 spiro atoms. The first-order chi connectivity index (χ1) is 12.1. The number of hydrogen-bond acceptors (Lipinski definition) is 4.